The van der Waals surface area contributed by atoms with Crippen molar-refractivity contribution in [2.24, 2.45) is 11.7 Å². The number of aliphatic hydroxyl groups is 1. The monoisotopic (exact) mass is 500 g/mol. The molecule has 35 heavy (non-hydrogen) atoms. The van der Waals surface area contributed by atoms with Crippen molar-refractivity contribution in [3.63, 3.8) is 0 Å². The van der Waals surface area contributed by atoms with Crippen molar-refractivity contribution < 1.29 is 24.6 Å². The number of carbonyl (C=O) groups excluding carboxylic acids is 3. The van der Waals surface area contributed by atoms with E-state index in [1.807, 2.05) is 20.8 Å². The Bertz CT molecular complexity index is 1090. The summed E-state index contributed by atoms with van der Waals surface area (Å²) in [4.78, 5) is 41.2. The molecule has 4 atom stereocenters. The van der Waals surface area contributed by atoms with E-state index in [2.05, 4.69) is 5.32 Å². The fourth-order valence-corrected chi connectivity index (χ4v) is 5.15. The number of anilines is 1. The second kappa shape index (κ2) is 10.7. The molecule has 0 aliphatic carbocycles. The van der Waals surface area contributed by atoms with Crippen LogP contribution in [0.4, 0.5) is 5.69 Å². The number of nitrogens with one attached hydrogen (secondary N) is 1. The van der Waals surface area contributed by atoms with E-state index in [1.165, 1.54) is 34.9 Å². The summed E-state index contributed by atoms with van der Waals surface area (Å²) in [6.07, 6.45) is -1.84. The van der Waals surface area contributed by atoms with Gasteiger partial charge in [-0.05, 0) is 38.5 Å². The molecule has 1 heterocycles. The summed E-state index contributed by atoms with van der Waals surface area (Å²) >= 11 is 1.38. The van der Waals surface area contributed by atoms with Crippen LogP contribution >= 0.6 is 11.8 Å². The fraction of sp³-hybridized carbons (Fsp3) is 0.400. The number of phenolic OH excluding ortho intramolecular Hbond substituents is 1. The van der Waals surface area contributed by atoms with E-state index in [-0.39, 0.29) is 28.8 Å². The first kappa shape index (κ1) is 26.5. The van der Waals surface area contributed by atoms with Gasteiger partial charge in [-0.25, -0.2) is 0 Å². The number of ketones is 1. The lowest BCUT2D eigenvalue weighted by atomic mass is 9.82. The number of nitrogens with zero attached hydrogens (tertiary/aromatic N) is 1. The lowest BCUT2D eigenvalue weighted by molar-refractivity contribution is -0.147. The van der Waals surface area contributed by atoms with Crippen LogP contribution in [0, 0.1) is 5.92 Å². The zero-order chi connectivity index (χ0) is 25.9. The molecule has 2 amide bonds. The van der Waals surface area contributed by atoms with E-state index in [0.717, 1.165) is 0 Å². The molecule has 1 aliphatic rings. The van der Waals surface area contributed by atoms with E-state index in [0.29, 0.717) is 11.3 Å². The minimum absolute atomic E-state index is 0.0500. The summed E-state index contributed by atoms with van der Waals surface area (Å²) in [5.41, 5.74) is 12.2. The molecule has 9 nitrogen and oxygen atoms in total. The molecule has 0 radical (unpaired) electrons. The predicted octanol–water partition coefficient (Wildman–Crippen LogP) is 1.65. The molecule has 1 unspecified atom stereocenters. The minimum Gasteiger partial charge on any atom is -0.506 e. The number of nitrogens with two attached hydrogens (primary N) is 2. The number of hydrogen-bond acceptors (Lipinski definition) is 8. The third-order valence-electron chi connectivity index (χ3n) is 5.78. The molecule has 0 bridgehead atoms. The first-order chi connectivity index (χ1) is 16.4. The maximum Gasteiger partial charge on any atom is 0.253 e. The van der Waals surface area contributed by atoms with Gasteiger partial charge in [0.15, 0.2) is 5.78 Å². The lowest BCUT2D eigenvalue weighted by Crippen LogP contribution is -2.56. The van der Waals surface area contributed by atoms with Crippen molar-refractivity contribution >= 4 is 35.0 Å². The first-order valence-corrected chi connectivity index (χ1v) is 12.4. The van der Waals surface area contributed by atoms with Gasteiger partial charge in [0.05, 0.1) is 17.5 Å². The largest absolute Gasteiger partial charge is 0.506 e. The van der Waals surface area contributed by atoms with Gasteiger partial charge < -0.3 is 31.9 Å². The number of amides is 2. The number of hydrogen-bond donors (Lipinski definition) is 5. The zero-order valence-corrected chi connectivity index (χ0v) is 20.8. The van der Waals surface area contributed by atoms with Crippen LogP contribution in [0.5, 0.6) is 5.75 Å². The maximum absolute atomic E-state index is 13.6. The van der Waals surface area contributed by atoms with Crippen LogP contribution in [0.2, 0.25) is 0 Å². The normalized spacial score (nSPS) is 18.5. The molecule has 2 aromatic carbocycles. The average Bonchev–Trinajstić information content (AvgIpc) is 3.30. The summed E-state index contributed by atoms with van der Waals surface area (Å²) < 4.78 is 0. The fourth-order valence-electron chi connectivity index (χ4n) is 3.99. The summed E-state index contributed by atoms with van der Waals surface area (Å²) in [6, 6.07) is 11.0. The second-order valence-electron chi connectivity index (χ2n) is 9.57. The maximum atomic E-state index is 13.6. The smallest absolute Gasteiger partial charge is 0.253 e. The van der Waals surface area contributed by atoms with Crippen LogP contribution in [-0.4, -0.2) is 62.0 Å². The Morgan fingerprint density at radius 2 is 1.77 bits per heavy atom. The molecule has 188 valence electrons. The van der Waals surface area contributed by atoms with Crippen molar-refractivity contribution in [3.05, 3.63) is 59.7 Å². The molecule has 1 fully saturated rings. The summed E-state index contributed by atoms with van der Waals surface area (Å²) in [7, 11) is 0. The van der Waals surface area contributed by atoms with E-state index in [4.69, 9.17) is 11.5 Å². The molecule has 7 N–H and O–H groups in total. The van der Waals surface area contributed by atoms with Crippen molar-refractivity contribution in [2.45, 2.75) is 44.5 Å². The Balaban J connectivity index is 1.96. The predicted molar refractivity (Wildman–Crippen MR) is 136 cm³/mol. The number of thioether (sulfide) groups is 1. The molecule has 0 saturated carbocycles. The highest BCUT2D eigenvalue weighted by atomic mass is 32.2. The molecular formula is C25H32N4O5S. The highest BCUT2D eigenvalue weighted by Gasteiger charge is 2.44. The van der Waals surface area contributed by atoms with Gasteiger partial charge in [-0.15, -0.1) is 11.8 Å². The van der Waals surface area contributed by atoms with Crippen LogP contribution in [0.25, 0.3) is 0 Å². The van der Waals surface area contributed by atoms with E-state index in [9.17, 15) is 24.6 Å². The quantitative estimate of drug-likeness (QED) is 0.218. The van der Waals surface area contributed by atoms with Crippen LogP contribution in [0.3, 0.4) is 0 Å². The van der Waals surface area contributed by atoms with Crippen LogP contribution in [0.1, 0.15) is 42.7 Å². The summed E-state index contributed by atoms with van der Waals surface area (Å²) in [6.45, 7) is 5.50. The Kier molecular flexibility index (Phi) is 8.09. The van der Waals surface area contributed by atoms with Gasteiger partial charge in [0.25, 0.3) is 5.91 Å². The van der Waals surface area contributed by atoms with Crippen LogP contribution in [0.15, 0.2) is 48.5 Å². The van der Waals surface area contributed by atoms with E-state index < -0.39 is 41.3 Å². The molecule has 1 saturated heterocycles. The number of phenols is 1. The van der Waals surface area contributed by atoms with E-state index in [1.54, 1.807) is 30.3 Å². The van der Waals surface area contributed by atoms with Gasteiger partial charge in [-0.2, -0.15) is 0 Å². The third-order valence-corrected chi connectivity index (χ3v) is 6.79. The van der Waals surface area contributed by atoms with Crippen molar-refractivity contribution in [3.8, 4) is 5.75 Å². The van der Waals surface area contributed by atoms with Gasteiger partial charge in [0.1, 0.15) is 17.9 Å². The lowest BCUT2D eigenvalue weighted by Gasteiger charge is -2.32. The standard InChI is InChI=1S/C25H32N4O5S/c1-25(2,3)28-23(33)16-12-35-13-29(16)24(34)22(32)18(19(26)14-8-5-4-6-9-14)21(31)15-10-7-11-17(30)20(15)27/h4-11,16,18-19,22,30,32H,12-13,26-27H2,1-3H3,(H,28,33)/t16-,18+,19?,22-/m0/s1. The molecule has 10 heteroatoms. The highest BCUT2D eigenvalue weighted by molar-refractivity contribution is 7.99. The molecular weight excluding hydrogens is 468 g/mol. The third kappa shape index (κ3) is 5.95. The van der Waals surface area contributed by atoms with Gasteiger partial charge in [-0.1, -0.05) is 36.4 Å². The molecule has 0 aromatic heterocycles. The number of benzene rings is 2. The van der Waals surface area contributed by atoms with Gasteiger partial charge in [0.2, 0.25) is 5.91 Å². The summed E-state index contributed by atoms with van der Waals surface area (Å²) in [5, 5.41) is 24.1. The average molecular weight is 501 g/mol. The van der Waals surface area contributed by atoms with Crippen molar-refractivity contribution in [1.29, 1.82) is 0 Å². The minimum atomic E-state index is -1.84. The molecule has 1 aliphatic heterocycles. The number of aliphatic hydroxyl groups excluding tert-OH is 1. The first-order valence-electron chi connectivity index (χ1n) is 11.2. The second-order valence-corrected chi connectivity index (χ2v) is 10.6. The number of para-hydroxylation sites is 1. The van der Waals surface area contributed by atoms with Crippen LogP contribution < -0.4 is 16.8 Å². The van der Waals surface area contributed by atoms with E-state index >= 15 is 0 Å². The van der Waals surface area contributed by atoms with Crippen molar-refractivity contribution in [2.75, 3.05) is 17.4 Å². The number of nitrogen functional groups attached to an aromatic ring is 1. The topological polar surface area (TPSA) is 159 Å². The Hall–Kier alpha value is -3.08. The number of rotatable bonds is 7. The molecule has 0 spiro atoms. The van der Waals surface area contributed by atoms with Gasteiger partial charge in [-0.3, -0.25) is 14.4 Å². The SMILES string of the molecule is CC(C)(C)NC(=O)[C@@H]1CSCN1C(=O)[C@@H](O)[C@@H](C(=O)c1cccc(O)c1N)C(N)c1ccccc1. The highest BCUT2D eigenvalue weighted by Crippen LogP contribution is 2.33. The molecule has 3 rings (SSSR count). The van der Waals surface area contributed by atoms with Gasteiger partial charge in [0, 0.05) is 22.9 Å². The Morgan fingerprint density at radius 3 is 2.40 bits per heavy atom. The Morgan fingerprint density at radius 1 is 1.11 bits per heavy atom. The van der Waals surface area contributed by atoms with Crippen LogP contribution in [-0.2, 0) is 9.59 Å². The molecule has 2 aromatic rings. The number of Topliss-reactive ketones (excluding diaryl/α,β-unsaturated/α-hetero) is 1. The summed E-state index contributed by atoms with van der Waals surface area (Å²) in [5.74, 6) is -2.94. The van der Waals surface area contributed by atoms with Crippen molar-refractivity contribution in [1.82, 2.24) is 10.2 Å². The number of carbonyl (C=O) groups is 3. The zero-order valence-electron chi connectivity index (χ0n) is 20.0. The number of aromatic hydroxyl groups is 1. The Labute approximate surface area is 208 Å². The van der Waals surface area contributed by atoms with Gasteiger partial charge >= 0.3 is 0 Å².